The number of aromatic nitrogens is 1. The van der Waals surface area contributed by atoms with E-state index in [0.717, 1.165) is 37.7 Å². The Hall–Kier alpha value is -2.95. The second-order valence-electron chi connectivity index (χ2n) is 11.8. The molecule has 4 aliphatic rings. The highest BCUT2D eigenvalue weighted by Gasteiger charge is 2.57. The maximum atomic E-state index is 12.8. The summed E-state index contributed by atoms with van der Waals surface area (Å²) in [5, 5.41) is 1.22. The van der Waals surface area contributed by atoms with E-state index in [1.807, 2.05) is 0 Å². The van der Waals surface area contributed by atoms with Gasteiger partial charge in [0.25, 0.3) is 0 Å². The van der Waals surface area contributed by atoms with Gasteiger partial charge >= 0.3 is 5.97 Å². The van der Waals surface area contributed by atoms with Gasteiger partial charge in [0.1, 0.15) is 11.7 Å². The van der Waals surface area contributed by atoms with Crippen molar-refractivity contribution in [3.63, 3.8) is 0 Å². The number of fused-ring (bicyclic) bond motifs is 5. The Morgan fingerprint density at radius 2 is 1.94 bits per heavy atom. The zero-order valence-electron chi connectivity index (χ0n) is 21.7. The Balaban J connectivity index is 1.54. The molecule has 0 radical (unpaired) electrons. The molecule has 0 N–H and O–H groups in total. The summed E-state index contributed by atoms with van der Waals surface area (Å²) in [4.78, 5) is 38.1. The first-order valence-corrected chi connectivity index (χ1v) is 13.3. The van der Waals surface area contributed by atoms with E-state index >= 15 is 0 Å². The number of esters is 1. The molecule has 5 nitrogen and oxygen atoms in total. The van der Waals surface area contributed by atoms with E-state index in [4.69, 9.17) is 4.74 Å². The van der Waals surface area contributed by atoms with Gasteiger partial charge in [-0.25, -0.2) is 0 Å². The van der Waals surface area contributed by atoms with Crippen molar-refractivity contribution in [1.29, 1.82) is 0 Å². The highest BCUT2D eigenvalue weighted by Crippen LogP contribution is 2.65. The number of rotatable bonds is 3. The third kappa shape index (κ3) is 3.31. The van der Waals surface area contributed by atoms with Crippen molar-refractivity contribution in [3.8, 4) is 0 Å². The number of nitrogens with zero attached hydrogens (tertiary/aromatic N) is 1. The van der Waals surface area contributed by atoms with Crippen LogP contribution in [-0.4, -0.2) is 29.2 Å². The van der Waals surface area contributed by atoms with Gasteiger partial charge in [-0.2, -0.15) is 0 Å². The summed E-state index contributed by atoms with van der Waals surface area (Å²) < 4.78 is 7.15. The van der Waals surface area contributed by atoms with E-state index in [0.29, 0.717) is 24.0 Å². The van der Waals surface area contributed by atoms with Gasteiger partial charge in [0, 0.05) is 30.6 Å². The first-order chi connectivity index (χ1) is 17.2. The lowest BCUT2D eigenvalue weighted by atomic mass is 9.51. The first kappa shape index (κ1) is 23.4. The van der Waals surface area contributed by atoms with Gasteiger partial charge < -0.3 is 9.30 Å². The van der Waals surface area contributed by atoms with E-state index in [-0.39, 0.29) is 23.0 Å². The molecule has 4 aliphatic carbocycles. The Morgan fingerprint density at radius 1 is 1.14 bits per heavy atom. The normalized spacial score (nSPS) is 33.6. The molecule has 2 saturated carbocycles. The number of hydrogen-bond donors (Lipinski definition) is 0. The Morgan fingerprint density at radius 3 is 2.69 bits per heavy atom. The molecule has 1 unspecified atom stereocenters. The molecular formula is C31H35NO4. The molecule has 0 aliphatic heterocycles. The molecular weight excluding hydrogens is 450 g/mol. The van der Waals surface area contributed by atoms with Crippen LogP contribution in [0.2, 0.25) is 0 Å². The number of carbonyl (C=O) groups excluding carboxylic acids is 3. The van der Waals surface area contributed by atoms with Gasteiger partial charge in [0.2, 0.25) is 0 Å². The van der Waals surface area contributed by atoms with Crippen molar-refractivity contribution in [2.75, 3.05) is 7.11 Å². The van der Waals surface area contributed by atoms with Crippen LogP contribution in [0.1, 0.15) is 63.9 Å². The van der Waals surface area contributed by atoms with Crippen LogP contribution in [-0.2, 0) is 26.2 Å². The van der Waals surface area contributed by atoms with Crippen molar-refractivity contribution in [3.05, 3.63) is 58.8 Å². The van der Waals surface area contributed by atoms with Crippen LogP contribution in [0.4, 0.5) is 0 Å². The molecule has 6 rings (SSSR count). The number of allylic oxidation sites excluding steroid dienone is 4. The molecule has 6 atom stereocenters. The fourth-order valence-electron chi connectivity index (χ4n) is 8.49. The molecule has 5 heteroatoms. The second-order valence-corrected chi connectivity index (χ2v) is 11.8. The SMILES string of the molecule is COC(=O)C1CC2=C3[C@@H](CCC2=CC1=O)[C@@H]1CC[C@H](C(C)=O)[C@@]1(C)C[C@@H]3c1ccc2c(ccn2C)c1. The molecule has 0 spiro atoms. The zero-order valence-corrected chi connectivity index (χ0v) is 21.7. The average Bonchev–Trinajstić information content (AvgIpc) is 3.41. The van der Waals surface area contributed by atoms with Crippen LogP contribution in [0.3, 0.4) is 0 Å². The van der Waals surface area contributed by atoms with Crippen LogP contribution < -0.4 is 0 Å². The number of ether oxygens (including phenoxy) is 1. The monoisotopic (exact) mass is 485 g/mol. The second kappa shape index (κ2) is 8.29. The van der Waals surface area contributed by atoms with Gasteiger partial charge in [-0.15, -0.1) is 0 Å². The van der Waals surface area contributed by atoms with Crippen molar-refractivity contribution in [2.45, 2.75) is 58.3 Å². The highest BCUT2D eigenvalue weighted by molar-refractivity contribution is 6.07. The summed E-state index contributed by atoms with van der Waals surface area (Å²) in [6, 6.07) is 8.93. The largest absolute Gasteiger partial charge is 0.468 e. The van der Waals surface area contributed by atoms with Crippen LogP contribution in [0, 0.1) is 29.1 Å². The van der Waals surface area contributed by atoms with Gasteiger partial charge in [0.05, 0.1) is 7.11 Å². The molecule has 188 valence electrons. The molecule has 1 aromatic heterocycles. The quantitative estimate of drug-likeness (QED) is 0.414. The number of aryl methyl sites for hydroxylation is 1. The molecule has 2 fully saturated rings. The average molecular weight is 486 g/mol. The van der Waals surface area contributed by atoms with Crippen LogP contribution >= 0.6 is 0 Å². The van der Waals surface area contributed by atoms with Crippen LogP contribution in [0.15, 0.2) is 53.3 Å². The van der Waals surface area contributed by atoms with E-state index < -0.39 is 11.9 Å². The van der Waals surface area contributed by atoms with Crippen molar-refractivity contribution in [2.24, 2.45) is 36.1 Å². The maximum absolute atomic E-state index is 12.8. The topological polar surface area (TPSA) is 65.4 Å². The fraction of sp³-hybridized carbons (Fsp3) is 0.516. The number of carbonyl (C=O) groups is 3. The summed E-state index contributed by atoms with van der Waals surface area (Å²) >= 11 is 0. The van der Waals surface area contributed by atoms with Gasteiger partial charge in [-0.05, 0) is 109 Å². The number of benzene rings is 1. The molecule has 1 heterocycles. The summed E-state index contributed by atoms with van der Waals surface area (Å²) in [5.41, 5.74) is 6.20. The predicted octanol–water partition coefficient (Wildman–Crippen LogP) is 5.68. The fourth-order valence-corrected chi connectivity index (χ4v) is 8.49. The minimum atomic E-state index is -0.751. The van der Waals surface area contributed by atoms with Crippen molar-refractivity contribution < 1.29 is 19.1 Å². The molecule has 0 bridgehead atoms. The van der Waals surface area contributed by atoms with Gasteiger partial charge in [-0.1, -0.05) is 18.6 Å². The Kier molecular flexibility index (Phi) is 5.40. The predicted molar refractivity (Wildman–Crippen MR) is 138 cm³/mol. The molecule has 1 aromatic carbocycles. The first-order valence-electron chi connectivity index (χ1n) is 13.3. The van der Waals surface area contributed by atoms with Gasteiger partial charge in [-0.3, -0.25) is 14.4 Å². The minimum Gasteiger partial charge on any atom is -0.468 e. The van der Waals surface area contributed by atoms with Crippen molar-refractivity contribution >= 4 is 28.4 Å². The maximum Gasteiger partial charge on any atom is 0.316 e. The van der Waals surface area contributed by atoms with E-state index in [9.17, 15) is 14.4 Å². The number of hydrogen-bond acceptors (Lipinski definition) is 4. The Bertz CT molecular complexity index is 1360. The number of methoxy groups -OCH3 is 1. The molecule has 0 amide bonds. The van der Waals surface area contributed by atoms with E-state index in [1.165, 1.54) is 34.7 Å². The summed E-state index contributed by atoms with van der Waals surface area (Å²) in [7, 11) is 3.43. The summed E-state index contributed by atoms with van der Waals surface area (Å²) in [6.07, 6.45) is 9.10. The third-order valence-corrected chi connectivity index (χ3v) is 10.1. The smallest absolute Gasteiger partial charge is 0.316 e. The van der Waals surface area contributed by atoms with Crippen LogP contribution in [0.25, 0.3) is 10.9 Å². The minimum absolute atomic E-state index is 0.0374. The standard InChI is InChI=1S/C31H35NO4/c1-17(33)25-8-9-26-21-7-5-19-14-28(34)23(30(35)36-4)15-22(19)29(21)24(16-31(25,26)2)18-6-10-27-20(13-18)11-12-32(27)3/h6,10-14,21,23-26H,5,7-9,15-16H2,1-4H3/t21-,23?,24+,25+,26-,31+/m0/s1. The lowest BCUT2D eigenvalue weighted by molar-refractivity contribution is -0.148. The number of ketones is 2. The lowest BCUT2D eigenvalue weighted by Gasteiger charge is -2.52. The van der Waals surface area contributed by atoms with E-state index in [1.54, 1.807) is 13.0 Å². The Labute approximate surface area is 212 Å². The molecule has 0 saturated heterocycles. The van der Waals surface area contributed by atoms with E-state index in [2.05, 4.69) is 49.0 Å². The molecule has 36 heavy (non-hydrogen) atoms. The highest BCUT2D eigenvalue weighted by atomic mass is 16.5. The summed E-state index contributed by atoms with van der Waals surface area (Å²) in [6.45, 7) is 4.13. The van der Waals surface area contributed by atoms with Crippen molar-refractivity contribution in [1.82, 2.24) is 4.57 Å². The lowest BCUT2D eigenvalue weighted by Crippen LogP contribution is -2.45. The summed E-state index contributed by atoms with van der Waals surface area (Å²) in [5.74, 6) is 0.115. The molecule has 2 aromatic rings. The zero-order chi connectivity index (χ0) is 25.4. The number of Topliss-reactive ketones (excluding diaryl/α,β-unsaturated/α-hetero) is 1. The third-order valence-electron chi connectivity index (χ3n) is 10.1. The van der Waals surface area contributed by atoms with Gasteiger partial charge in [0.15, 0.2) is 5.78 Å². The van der Waals surface area contributed by atoms with Crippen LogP contribution in [0.5, 0.6) is 0 Å².